The second-order valence-corrected chi connectivity index (χ2v) is 6.63. The largest absolute Gasteiger partial charge is 0.368 e. The molecule has 1 unspecified atom stereocenters. The summed E-state index contributed by atoms with van der Waals surface area (Å²) in [7, 11) is 0. The Morgan fingerprint density at radius 3 is 2.15 bits per heavy atom. The SMILES string of the molecule is NC(C(=O)NCCC(=O)N1CCN(c2ccccc2)CC1)c1ccccc1. The lowest BCUT2D eigenvalue weighted by Gasteiger charge is -2.36. The Kier molecular flexibility index (Phi) is 6.44. The number of nitrogens with one attached hydrogen (secondary N) is 1. The number of carbonyl (C=O) groups is 2. The van der Waals surface area contributed by atoms with Crippen LogP contribution < -0.4 is 16.0 Å². The molecule has 0 radical (unpaired) electrons. The molecule has 3 rings (SSSR count). The number of benzene rings is 2. The molecule has 1 fully saturated rings. The van der Waals surface area contributed by atoms with E-state index in [1.807, 2.05) is 53.4 Å². The summed E-state index contributed by atoms with van der Waals surface area (Å²) in [5.74, 6) is -0.195. The summed E-state index contributed by atoms with van der Waals surface area (Å²) in [4.78, 5) is 28.7. The first-order chi connectivity index (χ1) is 13.1. The van der Waals surface area contributed by atoms with E-state index in [4.69, 9.17) is 5.73 Å². The average Bonchev–Trinajstić information content (AvgIpc) is 2.74. The van der Waals surface area contributed by atoms with E-state index in [1.165, 1.54) is 5.69 Å². The van der Waals surface area contributed by atoms with E-state index in [2.05, 4.69) is 22.3 Å². The number of nitrogens with two attached hydrogens (primary N) is 1. The molecule has 1 aliphatic heterocycles. The van der Waals surface area contributed by atoms with Crippen LogP contribution in [0.15, 0.2) is 60.7 Å². The molecule has 2 aromatic rings. The molecule has 0 spiro atoms. The number of hydrogen-bond donors (Lipinski definition) is 2. The molecule has 6 heteroatoms. The van der Waals surface area contributed by atoms with E-state index in [0.29, 0.717) is 26.1 Å². The molecule has 0 saturated carbocycles. The molecule has 0 bridgehead atoms. The Hall–Kier alpha value is -2.86. The fourth-order valence-electron chi connectivity index (χ4n) is 3.23. The van der Waals surface area contributed by atoms with Gasteiger partial charge in [0.2, 0.25) is 11.8 Å². The zero-order valence-corrected chi connectivity index (χ0v) is 15.4. The topological polar surface area (TPSA) is 78.7 Å². The van der Waals surface area contributed by atoms with Crippen molar-refractivity contribution in [3.8, 4) is 0 Å². The van der Waals surface area contributed by atoms with Crippen LogP contribution in [-0.4, -0.2) is 49.4 Å². The molecular weight excluding hydrogens is 340 g/mol. The standard InChI is InChI=1S/C21H26N4O2/c22-20(17-7-3-1-4-8-17)21(27)23-12-11-19(26)25-15-13-24(14-16-25)18-9-5-2-6-10-18/h1-10,20H,11-16,22H2,(H,23,27). The number of anilines is 1. The van der Waals surface area contributed by atoms with E-state index in [1.54, 1.807) is 0 Å². The molecule has 1 aliphatic rings. The third kappa shape index (κ3) is 5.08. The van der Waals surface area contributed by atoms with Gasteiger partial charge in [-0.05, 0) is 17.7 Å². The summed E-state index contributed by atoms with van der Waals surface area (Å²) in [5.41, 5.74) is 7.91. The van der Waals surface area contributed by atoms with Gasteiger partial charge >= 0.3 is 0 Å². The van der Waals surface area contributed by atoms with Crippen LogP contribution in [0.2, 0.25) is 0 Å². The van der Waals surface area contributed by atoms with Gasteiger partial charge in [-0.2, -0.15) is 0 Å². The van der Waals surface area contributed by atoms with Crippen molar-refractivity contribution in [3.05, 3.63) is 66.2 Å². The van der Waals surface area contributed by atoms with Crippen molar-refractivity contribution >= 4 is 17.5 Å². The third-order valence-electron chi connectivity index (χ3n) is 4.83. The van der Waals surface area contributed by atoms with E-state index >= 15 is 0 Å². The van der Waals surface area contributed by atoms with Crippen molar-refractivity contribution in [1.82, 2.24) is 10.2 Å². The van der Waals surface area contributed by atoms with Gasteiger partial charge in [-0.1, -0.05) is 48.5 Å². The number of piperazine rings is 1. The monoisotopic (exact) mass is 366 g/mol. The summed E-state index contributed by atoms with van der Waals surface area (Å²) in [6.45, 7) is 3.34. The van der Waals surface area contributed by atoms with Crippen LogP contribution in [0.1, 0.15) is 18.0 Å². The fraction of sp³-hybridized carbons (Fsp3) is 0.333. The lowest BCUT2D eigenvalue weighted by Crippen LogP contribution is -2.49. The van der Waals surface area contributed by atoms with Crippen LogP contribution in [0.5, 0.6) is 0 Å². The first-order valence-corrected chi connectivity index (χ1v) is 9.31. The van der Waals surface area contributed by atoms with Crippen molar-refractivity contribution in [2.24, 2.45) is 5.73 Å². The summed E-state index contributed by atoms with van der Waals surface area (Å²) >= 11 is 0. The summed E-state index contributed by atoms with van der Waals surface area (Å²) in [6.07, 6.45) is 0.290. The van der Waals surface area contributed by atoms with Crippen LogP contribution >= 0.6 is 0 Å². The average molecular weight is 366 g/mol. The fourth-order valence-corrected chi connectivity index (χ4v) is 3.23. The maximum atomic E-state index is 12.4. The number of rotatable bonds is 6. The third-order valence-corrected chi connectivity index (χ3v) is 4.83. The van der Waals surface area contributed by atoms with Gasteiger partial charge in [0, 0.05) is 44.8 Å². The van der Waals surface area contributed by atoms with Crippen molar-refractivity contribution < 1.29 is 9.59 Å². The summed E-state index contributed by atoms with van der Waals surface area (Å²) in [6, 6.07) is 18.7. The van der Waals surface area contributed by atoms with Crippen molar-refractivity contribution in [3.63, 3.8) is 0 Å². The van der Waals surface area contributed by atoms with Crippen LogP contribution in [0.4, 0.5) is 5.69 Å². The smallest absolute Gasteiger partial charge is 0.241 e. The van der Waals surface area contributed by atoms with Gasteiger partial charge in [0.05, 0.1) is 0 Å². The van der Waals surface area contributed by atoms with Gasteiger partial charge in [-0.3, -0.25) is 9.59 Å². The highest BCUT2D eigenvalue weighted by atomic mass is 16.2. The number of para-hydroxylation sites is 1. The molecule has 142 valence electrons. The molecule has 1 heterocycles. The Morgan fingerprint density at radius 2 is 1.52 bits per heavy atom. The number of carbonyl (C=O) groups excluding carboxylic acids is 2. The Labute approximate surface area is 159 Å². The van der Waals surface area contributed by atoms with Crippen LogP contribution in [0.25, 0.3) is 0 Å². The molecule has 3 N–H and O–H groups in total. The minimum Gasteiger partial charge on any atom is -0.368 e. The minimum atomic E-state index is -0.712. The van der Waals surface area contributed by atoms with Gasteiger partial charge in [0.15, 0.2) is 0 Å². The molecule has 2 aromatic carbocycles. The quantitative estimate of drug-likeness (QED) is 0.813. The molecule has 0 aliphatic carbocycles. The molecule has 27 heavy (non-hydrogen) atoms. The van der Waals surface area contributed by atoms with Gasteiger partial charge in [-0.25, -0.2) is 0 Å². The van der Waals surface area contributed by atoms with E-state index < -0.39 is 6.04 Å². The first-order valence-electron chi connectivity index (χ1n) is 9.31. The number of hydrogen-bond acceptors (Lipinski definition) is 4. The van der Waals surface area contributed by atoms with Crippen LogP contribution in [0.3, 0.4) is 0 Å². The maximum absolute atomic E-state index is 12.4. The van der Waals surface area contributed by atoms with Gasteiger partial charge in [0.25, 0.3) is 0 Å². The van der Waals surface area contributed by atoms with Crippen LogP contribution in [0, 0.1) is 0 Å². The summed E-state index contributed by atoms with van der Waals surface area (Å²) in [5, 5.41) is 2.76. The van der Waals surface area contributed by atoms with Gasteiger partial charge < -0.3 is 20.9 Å². The van der Waals surface area contributed by atoms with E-state index in [9.17, 15) is 9.59 Å². The number of nitrogens with zero attached hydrogens (tertiary/aromatic N) is 2. The first kappa shape index (κ1) is 18.9. The number of amides is 2. The van der Waals surface area contributed by atoms with E-state index in [0.717, 1.165) is 18.7 Å². The zero-order valence-electron chi connectivity index (χ0n) is 15.4. The molecule has 0 aromatic heterocycles. The van der Waals surface area contributed by atoms with Gasteiger partial charge in [-0.15, -0.1) is 0 Å². The molecule has 1 saturated heterocycles. The lowest BCUT2D eigenvalue weighted by molar-refractivity contribution is -0.131. The van der Waals surface area contributed by atoms with E-state index in [-0.39, 0.29) is 11.8 Å². The van der Waals surface area contributed by atoms with Crippen molar-refractivity contribution in [1.29, 1.82) is 0 Å². The second kappa shape index (κ2) is 9.19. The highest BCUT2D eigenvalue weighted by Gasteiger charge is 2.21. The summed E-state index contributed by atoms with van der Waals surface area (Å²) < 4.78 is 0. The van der Waals surface area contributed by atoms with Crippen LogP contribution in [-0.2, 0) is 9.59 Å². The minimum absolute atomic E-state index is 0.0660. The Bertz CT molecular complexity index is 743. The molecule has 2 amide bonds. The predicted octanol–water partition coefficient (Wildman–Crippen LogP) is 1.54. The highest BCUT2D eigenvalue weighted by molar-refractivity contribution is 5.83. The Morgan fingerprint density at radius 1 is 0.926 bits per heavy atom. The van der Waals surface area contributed by atoms with Crippen molar-refractivity contribution in [2.45, 2.75) is 12.5 Å². The Balaban J connectivity index is 1.39. The predicted molar refractivity (Wildman–Crippen MR) is 106 cm³/mol. The molecule has 1 atom stereocenters. The normalized spacial score (nSPS) is 15.3. The zero-order chi connectivity index (χ0) is 19.1. The highest BCUT2D eigenvalue weighted by Crippen LogP contribution is 2.16. The lowest BCUT2D eigenvalue weighted by atomic mass is 10.1. The van der Waals surface area contributed by atoms with Crippen molar-refractivity contribution in [2.75, 3.05) is 37.6 Å². The second-order valence-electron chi connectivity index (χ2n) is 6.63. The van der Waals surface area contributed by atoms with Gasteiger partial charge in [0.1, 0.15) is 6.04 Å². The molecule has 6 nitrogen and oxygen atoms in total. The molecular formula is C21H26N4O2. The maximum Gasteiger partial charge on any atom is 0.241 e.